The summed E-state index contributed by atoms with van der Waals surface area (Å²) < 4.78 is 28.6. The van der Waals surface area contributed by atoms with Crippen molar-refractivity contribution in [3.8, 4) is 11.5 Å². The summed E-state index contributed by atoms with van der Waals surface area (Å²) in [7, 11) is 2.69. The predicted octanol–water partition coefficient (Wildman–Crippen LogP) is 2.84. The number of carbonyl (C=O) groups is 3. The molecule has 2 aromatic carbocycles. The van der Waals surface area contributed by atoms with Crippen molar-refractivity contribution in [3.05, 3.63) is 53.3 Å². The van der Waals surface area contributed by atoms with E-state index >= 15 is 0 Å². The normalized spacial score (nSPS) is 11.3. The standard InChI is InChI=1S/C19H18FNO6/c1-11(18(23)21-14-6-4-5-13(20)9-14)27-19(24)16-12(10-22)7-8-15(25-2)17(16)26-3/h4-11H,1-3H3,(H,21,23)/t11-/m1/s1. The third-order valence-corrected chi connectivity index (χ3v) is 3.65. The van der Waals surface area contributed by atoms with Crippen LogP contribution in [0, 0.1) is 5.82 Å². The van der Waals surface area contributed by atoms with Gasteiger partial charge in [-0.15, -0.1) is 0 Å². The first-order valence-electron chi connectivity index (χ1n) is 7.88. The Morgan fingerprint density at radius 1 is 1.15 bits per heavy atom. The zero-order valence-electron chi connectivity index (χ0n) is 14.9. The average molecular weight is 375 g/mol. The van der Waals surface area contributed by atoms with Gasteiger partial charge in [0.05, 0.1) is 14.2 Å². The summed E-state index contributed by atoms with van der Waals surface area (Å²) in [5.41, 5.74) is 0.0862. The number of nitrogens with one attached hydrogen (secondary N) is 1. The quantitative estimate of drug-likeness (QED) is 0.591. The molecule has 0 unspecified atom stereocenters. The van der Waals surface area contributed by atoms with Crippen LogP contribution in [0.1, 0.15) is 27.6 Å². The van der Waals surface area contributed by atoms with E-state index in [-0.39, 0.29) is 28.3 Å². The van der Waals surface area contributed by atoms with Gasteiger partial charge in [0.25, 0.3) is 5.91 Å². The van der Waals surface area contributed by atoms with E-state index < -0.39 is 23.8 Å². The Morgan fingerprint density at radius 2 is 1.89 bits per heavy atom. The maximum atomic E-state index is 13.2. The van der Waals surface area contributed by atoms with Gasteiger partial charge in [-0.25, -0.2) is 9.18 Å². The molecule has 8 heteroatoms. The fourth-order valence-corrected chi connectivity index (χ4v) is 2.33. The first-order chi connectivity index (χ1) is 12.9. The summed E-state index contributed by atoms with van der Waals surface area (Å²) in [4.78, 5) is 36.0. The van der Waals surface area contributed by atoms with Crippen molar-refractivity contribution >= 4 is 23.9 Å². The highest BCUT2D eigenvalue weighted by molar-refractivity contribution is 6.03. The second kappa shape index (κ2) is 8.79. The number of methoxy groups -OCH3 is 2. The molecular formula is C19H18FNO6. The molecule has 0 aromatic heterocycles. The van der Waals surface area contributed by atoms with Gasteiger partial charge < -0.3 is 19.5 Å². The molecule has 0 saturated heterocycles. The van der Waals surface area contributed by atoms with Gasteiger partial charge in [0.2, 0.25) is 0 Å². The van der Waals surface area contributed by atoms with Gasteiger partial charge in [-0.2, -0.15) is 0 Å². The van der Waals surface area contributed by atoms with Crippen LogP contribution in [0.15, 0.2) is 36.4 Å². The number of aldehydes is 1. The summed E-state index contributed by atoms with van der Waals surface area (Å²) in [6.07, 6.45) is -0.744. The van der Waals surface area contributed by atoms with Crippen molar-refractivity contribution in [2.45, 2.75) is 13.0 Å². The van der Waals surface area contributed by atoms with Crippen molar-refractivity contribution in [1.82, 2.24) is 0 Å². The maximum absolute atomic E-state index is 13.2. The highest BCUT2D eigenvalue weighted by Crippen LogP contribution is 2.33. The summed E-state index contributed by atoms with van der Waals surface area (Å²) >= 11 is 0. The largest absolute Gasteiger partial charge is 0.493 e. The van der Waals surface area contributed by atoms with E-state index in [9.17, 15) is 18.8 Å². The first-order valence-corrected chi connectivity index (χ1v) is 7.88. The molecule has 2 rings (SSSR count). The second-order valence-corrected chi connectivity index (χ2v) is 5.43. The lowest BCUT2D eigenvalue weighted by molar-refractivity contribution is -0.123. The van der Waals surface area contributed by atoms with E-state index in [2.05, 4.69) is 5.32 Å². The van der Waals surface area contributed by atoms with Gasteiger partial charge in [0.1, 0.15) is 11.4 Å². The van der Waals surface area contributed by atoms with Crippen LogP contribution < -0.4 is 14.8 Å². The molecule has 0 saturated carbocycles. The molecule has 2 aromatic rings. The van der Waals surface area contributed by atoms with E-state index in [0.29, 0.717) is 6.29 Å². The zero-order valence-corrected chi connectivity index (χ0v) is 14.9. The van der Waals surface area contributed by atoms with Crippen molar-refractivity contribution in [3.63, 3.8) is 0 Å². The summed E-state index contributed by atoms with van der Waals surface area (Å²) in [6.45, 7) is 1.35. The molecule has 0 spiro atoms. The van der Waals surface area contributed by atoms with Gasteiger partial charge in [-0.1, -0.05) is 6.07 Å². The van der Waals surface area contributed by atoms with Gasteiger partial charge >= 0.3 is 5.97 Å². The van der Waals surface area contributed by atoms with Crippen molar-refractivity contribution in [1.29, 1.82) is 0 Å². The molecule has 0 bridgehead atoms. The Hall–Kier alpha value is -3.42. The number of amides is 1. The Bertz CT molecular complexity index is 867. The molecule has 27 heavy (non-hydrogen) atoms. The zero-order chi connectivity index (χ0) is 20.0. The molecule has 7 nitrogen and oxygen atoms in total. The third-order valence-electron chi connectivity index (χ3n) is 3.65. The number of ether oxygens (including phenoxy) is 3. The second-order valence-electron chi connectivity index (χ2n) is 5.43. The van der Waals surface area contributed by atoms with Crippen molar-refractivity contribution in [2.75, 3.05) is 19.5 Å². The Labute approximate surface area is 155 Å². The minimum atomic E-state index is -1.21. The number of esters is 1. The summed E-state index contributed by atoms with van der Waals surface area (Å²) in [5, 5.41) is 2.44. The van der Waals surface area contributed by atoms with E-state index in [4.69, 9.17) is 14.2 Å². The SMILES string of the molecule is COc1ccc(C=O)c(C(=O)O[C@H](C)C(=O)Nc2cccc(F)c2)c1OC. The number of carbonyl (C=O) groups excluding carboxylic acids is 3. The molecule has 1 N–H and O–H groups in total. The lowest BCUT2D eigenvalue weighted by atomic mass is 10.1. The summed E-state index contributed by atoms with van der Waals surface area (Å²) in [5.74, 6) is -1.87. The van der Waals surface area contributed by atoms with E-state index in [0.717, 1.165) is 6.07 Å². The number of hydrogen-bond donors (Lipinski definition) is 1. The monoisotopic (exact) mass is 375 g/mol. The lowest BCUT2D eigenvalue weighted by Crippen LogP contribution is -2.30. The fraction of sp³-hybridized carbons (Fsp3) is 0.211. The molecule has 1 atom stereocenters. The van der Waals surface area contributed by atoms with Crippen LogP contribution in [0.25, 0.3) is 0 Å². The van der Waals surface area contributed by atoms with Crippen LogP contribution in [-0.4, -0.2) is 38.5 Å². The number of anilines is 1. The lowest BCUT2D eigenvalue weighted by Gasteiger charge is -2.17. The summed E-state index contributed by atoms with van der Waals surface area (Å²) in [6, 6.07) is 8.13. The smallest absolute Gasteiger partial charge is 0.343 e. The molecular weight excluding hydrogens is 357 g/mol. The van der Waals surface area contributed by atoms with Crippen LogP contribution in [0.4, 0.5) is 10.1 Å². The number of benzene rings is 2. The minimum Gasteiger partial charge on any atom is -0.493 e. The Morgan fingerprint density at radius 3 is 2.48 bits per heavy atom. The highest BCUT2D eigenvalue weighted by atomic mass is 19.1. The molecule has 0 aliphatic rings. The van der Waals surface area contributed by atoms with Crippen LogP contribution in [0.2, 0.25) is 0 Å². The highest BCUT2D eigenvalue weighted by Gasteiger charge is 2.26. The van der Waals surface area contributed by atoms with Crippen LogP contribution in [0.3, 0.4) is 0 Å². The molecule has 0 aliphatic heterocycles. The predicted molar refractivity (Wildman–Crippen MR) is 94.8 cm³/mol. The van der Waals surface area contributed by atoms with Gasteiger partial charge in [0.15, 0.2) is 23.9 Å². The number of rotatable bonds is 7. The van der Waals surface area contributed by atoms with Gasteiger partial charge in [-0.3, -0.25) is 9.59 Å². The van der Waals surface area contributed by atoms with Crippen LogP contribution in [0.5, 0.6) is 11.5 Å². The topological polar surface area (TPSA) is 90.9 Å². The van der Waals surface area contributed by atoms with E-state index in [1.165, 1.54) is 51.5 Å². The average Bonchev–Trinajstić information content (AvgIpc) is 2.66. The fourth-order valence-electron chi connectivity index (χ4n) is 2.33. The van der Waals surface area contributed by atoms with E-state index in [1.54, 1.807) is 0 Å². The molecule has 0 fully saturated rings. The number of hydrogen-bond acceptors (Lipinski definition) is 6. The number of halogens is 1. The third kappa shape index (κ3) is 4.60. The van der Waals surface area contributed by atoms with Crippen molar-refractivity contribution < 1.29 is 33.0 Å². The van der Waals surface area contributed by atoms with E-state index in [1.807, 2.05) is 0 Å². The molecule has 0 aliphatic carbocycles. The Kier molecular flexibility index (Phi) is 6.48. The van der Waals surface area contributed by atoms with Gasteiger partial charge in [0, 0.05) is 11.3 Å². The molecule has 142 valence electrons. The Balaban J connectivity index is 2.21. The molecule has 0 heterocycles. The molecule has 0 radical (unpaired) electrons. The van der Waals surface area contributed by atoms with Crippen LogP contribution in [-0.2, 0) is 9.53 Å². The van der Waals surface area contributed by atoms with Crippen LogP contribution >= 0.6 is 0 Å². The first kappa shape index (κ1) is 19.9. The minimum absolute atomic E-state index is 0.0184. The molecule has 1 amide bonds. The van der Waals surface area contributed by atoms with Crippen molar-refractivity contribution in [2.24, 2.45) is 0 Å². The maximum Gasteiger partial charge on any atom is 0.343 e. The van der Waals surface area contributed by atoms with Gasteiger partial charge in [-0.05, 0) is 37.3 Å².